The van der Waals surface area contributed by atoms with Gasteiger partial charge in [-0.25, -0.2) is 0 Å². The molecule has 3 heteroatoms. The highest BCUT2D eigenvalue weighted by atomic mass is 15.3. The van der Waals surface area contributed by atoms with Gasteiger partial charge in [0.1, 0.15) is 0 Å². The number of H-pyrrole nitrogens is 1. The predicted octanol–water partition coefficient (Wildman–Crippen LogP) is 4.44. The van der Waals surface area contributed by atoms with Crippen LogP contribution in [0.2, 0.25) is 0 Å². The summed E-state index contributed by atoms with van der Waals surface area (Å²) in [7, 11) is 0. The minimum atomic E-state index is 0.112. The van der Waals surface area contributed by atoms with Crippen LogP contribution in [0.5, 0.6) is 0 Å². The lowest BCUT2D eigenvalue weighted by Crippen LogP contribution is -2.30. The van der Waals surface area contributed by atoms with E-state index in [1.165, 1.54) is 28.2 Å². The highest BCUT2D eigenvalue weighted by Gasteiger charge is 2.25. The second-order valence-electron chi connectivity index (χ2n) is 5.63. The van der Waals surface area contributed by atoms with Crippen LogP contribution in [0.15, 0.2) is 30.6 Å². The summed E-state index contributed by atoms with van der Waals surface area (Å²) in [6.07, 6.45) is 7.41. The van der Waals surface area contributed by atoms with Gasteiger partial charge in [-0.05, 0) is 38.0 Å². The molecule has 0 spiro atoms. The Kier molecular flexibility index (Phi) is 2.85. The normalized spacial score (nSPS) is 15.1. The number of nitrogens with one attached hydrogen (secondary N) is 1. The molecule has 0 fully saturated rings. The Bertz CT molecular complexity index is 707. The second-order valence-corrected chi connectivity index (χ2v) is 5.63. The second kappa shape index (κ2) is 4.41. The van der Waals surface area contributed by atoms with Gasteiger partial charge in [-0.2, -0.15) is 5.10 Å². The van der Waals surface area contributed by atoms with Crippen molar-refractivity contribution in [1.82, 2.24) is 14.8 Å². The van der Waals surface area contributed by atoms with Gasteiger partial charge >= 0.3 is 0 Å². The van der Waals surface area contributed by atoms with Crippen LogP contribution in [0.1, 0.15) is 40.0 Å². The Hall–Kier alpha value is -1.77. The molecule has 3 nitrogen and oxygen atoms in total. The van der Waals surface area contributed by atoms with Crippen LogP contribution in [0.25, 0.3) is 21.8 Å². The van der Waals surface area contributed by atoms with Crippen LogP contribution in [0, 0.1) is 0 Å². The molecular formula is C16H21N3. The molecule has 19 heavy (non-hydrogen) atoms. The molecule has 3 rings (SSSR count). The predicted molar refractivity (Wildman–Crippen MR) is 80.4 cm³/mol. The maximum Gasteiger partial charge on any atom is 0.0696 e. The summed E-state index contributed by atoms with van der Waals surface area (Å²) in [6, 6.07) is 6.56. The maximum atomic E-state index is 4.66. The first kappa shape index (κ1) is 12.3. The molecule has 0 amide bonds. The summed E-state index contributed by atoms with van der Waals surface area (Å²) in [5.41, 5.74) is 2.53. The van der Waals surface area contributed by atoms with Gasteiger partial charge in [0.25, 0.3) is 0 Å². The molecule has 100 valence electrons. The monoisotopic (exact) mass is 255 g/mol. The van der Waals surface area contributed by atoms with E-state index < -0.39 is 0 Å². The lowest BCUT2D eigenvalue weighted by molar-refractivity contribution is 0.260. The highest BCUT2D eigenvalue weighted by molar-refractivity contribution is 5.95. The molecule has 0 saturated carbocycles. The molecule has 0 aliphatic carbocycles. The zero-order valence-corrected chi connectivity index (χ0v) is 11.9. The van der Waals surface area contributed by atoms with Gasteiger partial charge in [0.15, 0.2) is 0 Å². The molecule has 0 saturated heterocycles. The third-order valence-electron chi connectivity index (χ3n) is 4.30. The minimum absolute atomic E-state index is 0.112. The third-order valence-corrected chi connectivity index (χ3v) is 4.30. The van der Waals surface area contributed by atoms with E-state index in [2.05, 4.69) is 53.7 Å². The zero-order valence-electron chi connectivity index (χ0n) is 11.9. The van der Waals surface area contributed by atoms with Crippen LogP contribution in [0.3, 0.4) is 0 Å². The van der Waals surface area contributed by atoms with Gasteiger partial charge in [0, 0.05) is 22.5 Å². The Labute approximate surface area is 113 Å². The van der Waals surface area contributed by atoms with Gasteiger partial charge in [-0.1, -0.05) is 20.3 Å². The first-order valence-corrected chi connectivity index (χ1v) is 7.13. The van der Waals surface area contributed by atoms with Crippen LogP contribution in [0.4, 0.5) is 0 Å². The standard InChI is InChI=1S/C16H21N3/c1-4-7-16(3,5-2)19-15-10-12-6-8-17-14(12)9-13(15)11-18-19/h6,8-11,17H,4-5,7H2,1-3H3. The molecule has 0 radical (unpaired) electrons. The summed E-state index contributed by atoms with van der Waals surface area (Å²) in [6.45, 7) is 6.80. The Morgan fingerprint density at radius 3 is 2.84 bits per heavy atom. The van der Waals surface area contributed by atoms with Gasteiger partial charge in [-0.3, -0.25) is 4.68 Å². The Balaban J connectivity index is 2.23. The number of benzene rings is 1. The van der Waals surface area contributed by atoms with Gasteiger partial charge in [0.2, 0.25) is 0 Å². The van der Waals surface area contributed by atoms with Gasteiger partial charge in [-0.15, -0.1) is 0 Å². The smallest absolute Gasteiger partial charge is 0.0696 e. The summed E-state index contributed by atoms with van der Waals surface area (Å²) >= 11 is 0. The third kappa shape index (κ3) is 1.84. The van der Waals surface area contributed by atoms with E-state index in [-0.39, 0.29) is 5.54 Å². The molecule has 2 aromatic heterocycles. The van der Waals surface area contributed by atoms with E-state index in [9.17, 15) is 0 Å². The van der Waals surface area contributed by atoms with Crippen LogP contribution >= 0.6 is 0 Å². The molecule has 0 bridgehead atoms. The van der Waals surface area contributed by atoms with Crippen molar-refractivity contribution in [2.75, 3.05) is 0 Å². The lowest BCUT2D eigenvalue weighted by atomic mass is 9.93. The van der Waals surface area contributed by atoms with Crippen molar-refractivity contribution in [2.24, 2.45) is 0 Å². The zero-order chi connectivity index (χ0) is 13.5. The van der Waals surface area contributed by atoms with E-state index in [0.717, 1.165) is 12.8 Å². The number of fused-ring (bicyclic) bond motifs is 2. The first-order valence-electron chi connectivity index (χ1n) is 7.13. The number of hydrogen-bond acceptors (Lipinski definition) is 1. The van der Waals surface area contributed by atoms with E-state index in [1.807, 2.05) is 12.4 Å². The fourth-order valence-electron chi connectivity index (χ4n) is 2.98. The summed E-state index contributed by atoms with van der Waals surface area (Å²) in [4.78, 5) is 3.26. The molecule has 3 aromatic rings. The van der Waals surface area contributed by atoms with Crippen molar-refractivity contribution in [3.63, 3.8) is 0 Å². The fourth-order valence-corrected chi connectivity index (χ4v) is 2.98. The molecule has 1 N–H and O–H groups in total. The molecule has 0 aliphatic rings. The van der Waals surface area contributed by atoms with E-state index in [0.29, 0.717) is 0 Å². The molecule has 0 aliphatic heterocycles. The summed E-state index contributed by atoms with van der Waals surface area (Å²) in [5.74, 6) is 0. The van der Waals surface area contributed by atoms with Crippen molar-refractivity contribution >= 4 is 21.8 Å². The number of rotatable bonds is 4. The Morgan fingerprint density at radius 2 is 2.11 bits per heavy atom. The average Bonchev–Trinajstić information content (AvgIpc) is 3.01. The largest absolute Gasteiger partial charge is 0.361 e. The number of hydrogen-bond donors (Lipinski definition) is 1. The Morgan fingerprint density at radius 1 is 1.26 bits per heavy atom. The van der Waals surface area contributed by atoms with E-state index >= 15 is 0 Å². The lowest BCUT2D eigenvalue weighted by Gasteiger charge is -2.29. The minimum Gasteiger partial charge on any atom is -0.361 e. The number of aromatic nitrogens is 3. The molecule has 2 heterocycles. The maximum absolute atomic E-state index is 4.66. The molecule has 1 atom stereocenters. The van der Waals surface area contributed by atoms with Crippen LogP contribution in [-0.2, 0) is 5.54 Å². The van der Waals surface area contributed by atoms with Crippen LogP contribution in [-0.4, -0.2) is 14.8 Å². The van der Waals surface area contributed by atoms with Gasteiger partial charge in [0.05, 0.1) is 17.3 Å². The fraction of sp³-hybridized carbons (Fsp3) is 0.438. The van der Waals surface area contributed by atoms with Crippen molar-refractivity contribution in [1.29, 1.82) is 0 Å². The first-order chi connectivity index (χ1) is 9.18. The topological polar surface area (TPSA) is 33.6 Å². The molecular weight excluding hydrogens is 234 g/mol. The molecule has 1 unspecified atom stereocenters. The highest BCUT2D eigenvalue weighted by Crippen LogP contribution is 2.31. The van der Waals surface area contributed by atoms with Crippen molar-refractivity contribution in [2.45, 2.75) is 45.6 Å². The van der Waals surface area contributed by atoms with E-state index in [1.54, 1.807) is 0 Å². The quantitative estimate of drug-likeness (QED) is 0.734. The van der Waals surface area contributed by atoms with Gasteiger partial charge < -0.3 is 4.98 Å². The van der Waals surface area contributed by atoms with E-state index in [4.69, 9.17) is 0 Å². The summed E-state index contributed by atoms with van der Waals surface area (Å²) < 4.78 is 2.22. The van der Waals surface area contributed by atoms with Crippen molar-refractivity contribution < 1.29 is 0 Å². The average molecular weight is 255 g/mol. The van der Waals surface area contributed by atoms with Crippen molar-refractivity contribution in [3.8, 4) is 0 Å². The number of aromatic amines is 1. The van der Waals surface area contributed by atoms with Crippen LogP contribution < -0.4 is 0 Å². The summed E-state index contributed by atoms with van der Waals surface area (Å²) in [5, 5.41) is 7.13. The van der Waals surface area contributed by atoms with Crippen molar-refractivity contribution in [3.05, 3.63) is 30.6 Å². The number of nitrogens with zero attached hydrogens (tertiary/aromatic N) is 2. The SMILES string of the molecule is CCCC(C)(CC)n1ncc2cc3[nH]ccc3cc21. The molecule has 1 aromatic carbocycles.